The summed E-state index contributed by atoms with van der Waals surface area (Å²) in [6.45, 7) is 2.07. The molecule has 1 aromatic heterocycles. The number of pyridine rings is 1. The number of nitrogens with zero attached hydrogens (tertiary/aromatic N) is 1. The highest BCUT2D eigenvalue weighted by molar-refractivity contribution is 5.75. The fourth-order valence-corrected chi connectivity index (χ4v) is 3.27. The van der Waals surface area contributed by atoms with Crippen LogP contribution in [0.4, 0.5) is 8.78 Å². The second kappa shape index (κ2) is 6.45. The lowest BCUT2D eigenvalue weighted by Gasteiger charge is -2.33. The molecule has 0 N–H and O–H groups in total. The molecule has 2 aromatic rings. The van der Waals surface area contributed by atoms with E-state index in [0.29, 0.717) is 12.0 Å². The molecule has 1 atom stereocenters. The predicted molar refractivity (Wildman–Crippen MR) is 88.9 cm³/mol. The Morgan fingerprint density at radius 2 is 1.87 bits per heavy atom. The Bertz CT molecular complexity index is 749. The van der Waals surface area contributed by atoms with E-state index in [-0.39, 0.29) is 0 Å². The lowest BCUT2D eigenvalue weighted by atomic mass is 9.71. The summed E-state index contributed by atoms with van der Waals surface area (Å²) in [6.07, 6.45) is 8.62. The first-order valence-corrected chi connectivity index (χ1v) is 7.92. The summed E-state index contributed by atoms with van der Waals surface area (Å²) in [4.78, 5) is 3.37. The average Bonchev–Trinajstić information content (AvgIpc) is 2.56. The van der Waals surface area contributed by atoms with Gasteiger partial charge in [-0.15, -0.1) is 0 Å². The quantitative estimate of drug-likeness (QED) is 0.685. The summed E-state index contributed by atoms with van der Waals surface area (Å²) in [6, 6.07) is 12.9. The molecule has 1 aliphatic carbocycles. The van der Waals surface area contributed by atoms with Crippen LogP contribution in [0, 0.1) is 11.9 Å². The van der Waals surface area contributed by atoms with E-state index in [0.717, 1.165) is 24.0 Å². The predicted octanol–water partition coefficient (Wildman–Crippen LogP) is 5.44. The van der Waals surface area contributed by atoms with Gasteiger partial charge < -0.3 is 0 Å². The summed E-state index contributed by atoms with van der Waals surface area (Å²) < 4.78 is 27.3. The van der Waals surface area contributed by atoms with E-state index in [4.69, 9.17) is 0 Å². The van der Waals surface area contributed by atoms with Crippen LogP contribution in [0.15, 0.2) is 60.7 Å². The molecular formula is C20H19F2N. The number of halogens is 2. The number of benzene rings is 1. The molecule has 1 aromatic carbocycles. The van der Waals surface area contributed by atoms with Gasteiger partial charge in [-0.2, -0.15) is 13.8 Å². The third-order valence-corrected chi connectivity index (χ3v) is 4.42. The molecule has 0 radical (unpaired) electrons. The summed E-state index contributed by atoms with van der Waals surface area (Å²) in [7, 11) is 0. The van der Waals surface area contributed by atoms with Crippen LogP contribution in [0.25, 0.3) is 5.57 Å². The fraction of sp³-hybridized carbons (Fsp3) is 0.250. The maximum atomic E-state index is 14.2. The van der Waals surface area contributed by atoms with Gasteiger partial charge in [0.2, 0.25) is 11.9 Å². The zero-order valence-electron chi connectivity index (χ0n) is 13.1. The van der Waals surface area contributed by atoms with Crippen LogP contribution in [0.1, 0.15) is 37.3 Å². The van der Waals surface area contributed by atoms with E-state index in [9.17, 15) is 8.78 Å². The van der Waals surface area contributed by atoms with Gasteiger partial charge in [-0.1, -0.05) is 61.9 Å². The SMILES string of the molecule is CCCC1(c2ccc(F)nc2F)C=CC(c2ccccc2)=CC1. The first kappa shape index (κ1) is 15.6. The van der Waals surface area contributed by atoms with Gasteiger partial charge in [-0.25, -0.2) is 0 Å². The Balaban J connectivity index is 1.96. The minimum atomic E-state index is -0.779. The van der Waals surface area contributed by atoms with E-state index in [1.807, 2.05) is 24.3 Å². The van der Waals surface area contributed by atoms with E-state index in [1.165, 1.54) is 12.1 Å². The molecule has 0 bridgehead atoms. The van der Waals surface area contributed by atoms with Gasteiger partial charge in [0.1, 0.15) is 0 Å². The van der Waals surface area contributed by atoms with Crippen molar-refractivity contribution in [2.45, 2.75) is 31.6 Å². The van der Waals surface area contributed by atoms with Gasteiger partial charge in [-0.05, 0) is 36.1 Å². The molecule has 0 amide bonds. The van der Waals surface area contributed by atoms with Crippen LogP contribution in [-0.2, 0) is 5.41 Å². The van der Waals surface area contributed by atoms with E-state index >= 15 is 0 Å². The Hall–Kier alpha value is -2.29. The second-order valence-corrected chi connectivity index (χ2v) is 5.94. The van der Waals surface area contributed by atoms with Crippen LogP contribution in [0.5, 0.6) is 0 Å². The molecule has 1 heterocycles. The molecule has 3 rings (SSSR count). The van der Waals surface area contributed by atoms with Crippen molar-refractivity contribution in [1.82, 2.24) is 4.98 Å². The maximum absolute atomic E-state index is 14.2. The van der Waals surface area contributed by atoms with Gasteiger partial charge in [0, 0.05) is 11.0 Å². The van der Waals surface area contributed by atoms with E-state index in [1.54, 1.807) is 0 Å². The zero-order chi connectivity index (χ0) is 16.3. The Labute approximate surface area is 135 Å². The molecule has 0 spiro atoms. The number of hydrogen-bond donors (Lipinski definition) is 0. The van der Waals surface area contributed by atoms with Gasteiger partial charge in [0.05, 0.1) is 0 Å². The minimum Gasteiger partial charge on any atom is -0.190 e. The number of aromatic nitrogens is 1. The molecule has 0 saturated heterocycles. The van der Waals surface area contributed by atoms with Crippen molar-refractivity contribution in [2.75, 3.05) is 0 Å². The maximum Gasteiger partial charge on any atom is 0.219 e. The van der Waals surface area contributed by atoms with Crippen LogP contribution in [0.3, 0.4) is 0 Å². The number of rotatable bonds is 4. The smallest absolute Gasteiger partial charge is 0.190 e. The molecular weight excluding hydrogens is 292 g/mol. The van der Waals surface area contributed by atoms with Crippen molar-refractivity contribution in [3.8, 4) is 0 Å². The largest absolute Gasteiger partial charge is 0.219 e. The molecule has 118 valence electrons. The Kier molecular flexibility index (Phi) is 4.37. The molecule has 0 saturated carbocycles. The Morgan fingerprint density at radius 1 is 1.09 bits per heavy atom. The normalized spacial score (nSPS) is 20.4. The van der Waals surface area contributed by atoms with Crippen molar-refractivity contribution in [2.24, 2.45) is 0 Å². The highest BCUT2D eigenvalue weighted by Gasteiger charge is 2.33. The Morgan fingerprint density at radius 3 is 2.48 bits per heavy atom. The first-order valence-electron chi connectivity index (χ1n) is 7.92. The highest BCUT2D eigenvalue weighted by Crippen LogP contribution is 2.40. The van der Waals surface area contributed by atoms with Crippen LogP contribution in [0.2, 0.25) is 0 Å². The number of allylic oxidation sites excluding steroid dienone is 4. The molecule has 3 heteroatoms. The summed E-state index contributed by atoms with van der Waals surface area (Å²) in [5.74, 6) is -1.49. The van der Waals surface area contributed by atoms with Crippen LogP contribution < -0.4 is 0 Å². The topological polar surface area (TPSA) is 12.9 Å². The average molecular weight is 311 g/mol. The summed E-state index contributed by atoms with van der Waals surface area (Å²) >= 11 is 0. The van der Waals surface area contributed by atoms with E-state index in [2.05, 4.69) is 36.2 Å². The van der Waals surface area contributed by atoms with Gasteiger partial charge in [0.25, 0.3) is 0 Å². The monoisotopic (exact) mass is 311 g/mol. The lowest BCUT2D eigenvalue weighted by molar-refractivity contribution is 0.431. The van der Waals surface area contributed by atoms with Crippen molar-refractivity contribution in [3.05, 3.63) is 83.7 Å². The number of hydrogen-bond acceptors (Lipinski definition) is 1. The van der Waals surface area contributed by atoms with Gasteiger partial charge in [0.15, 0.2) is 0 Å². The third kappa shape index (κ3) is 3.09. The van der Waals surface area contributed by atoms with Crippen molar-refractivity contribution >= 4 is 5.57 Å². The van der Waals surface area contributed by atoms with Crippen LogP contribution >= 0.6 is 0 Å². The molecule has 23 heavy (non-hydrogen) atoms. The van der Waals surface area contributed by atoms with Crippen molar-refractivity contribution in [1.29, 1.82) is 0 Å². The minimum absolute atomic E-state index is 0.447. The summed E-state index contributed by atoms with van der Waals surface area (Å²) in [5, 5.41) is 0. The second-order valence-electron chi connectivity index (χ2n) is 5.94. The van der Waals surface area contributed by atoms with Gasteiger partial charge in [-0.3, -0.25) is 0 Å². The van der Waals surface area contributed by atoms with Gasteiger partial charge >= 0.3 is 0 Å². The standard InChI is InChI=1S/C20H19F2N/c1-2-12-20(17-8-9-18(21)23-19(17)22)13-10-16(11-14-20)15-6-4-3-5-7-15/h3-11,13H,2,12,14H2,1H3. The third-order valence-electron chi connectivity index (χ3n) is 4.42. The molecule has 0 aliphatic heterocycles. The van der Waals surface area contributed by atoms with Crippen LogP contribution in [-0.4, -0.2) is 4.98 Å². The highest BCUT2D eigenvalue weighted by atomic mass is 19.1. The zero-order valence-corrected chi connectivity index (χ0v) is 13.1. The molecule has 0 fully saturated rings. The molecule has 1 nitrogen and oxygen atoms in total. The lowest BCUT2D eigenvalue weighted by Crippen LogP contribution is -2.26. The first-order chi connectivity index (χ1) is 11.1. The fourth-order valence-electron chi connectivity index (χ4n) is 3.27. The summed E-state index contributed by atoms with van der Waals surface area (Å²) in [5.41, 5.74) is 2.30. The van der Waals surface area contributed by atoms with Crippen molar-refractivity contribution < 1.29 is 8.78 Å². The molecule has 1 unspecified atom stereocenters. The van der Waals surface area contributed by atoms with Crippen molar-refractivity contribution in [3.63, 3.8) is 0 Å². The van der Waals surface area contributed by atoms with E-state index < -0.39 is 17.3 Å². The molecule has 1 aliphatic rings.